The van der Waals surface area contributed by atoms with Crippen molar-refractivity contribution < 1.29 is 127 Å². The Bertz CT molecular complexity index is 61.1. The van der Waals surface area contributed by atoms with Crippen LogP contribution in [-0.4, -0.2) is 27.9 Å². The largest absolute Gasteiger partial charge is 2.00 e. The molecule has 0 bridgehead atoms. The molecular weight excluding hydrogens is 213 g/mol. The minimum atomic E-state index is -5.14. The fraction of sp³-hybridized carbons (Fsp3) is 0. The summed E-state index contributed by atoms with van der Waals surface area (Å²) in [5.41, 5.74) is 0. The van der Waals surface area contributed by atoms with Crippen LogP contribution < -0.4 is 113 Å². The van der Waals surface area contributed by atoms with E-state index in [0.717, 1.165) is 0 Å². The van der Waals surface area contributed by atoms with Gasteiger partial charge in [-0.15, -0.1) is 0 Å². The van der Waals surface area contributed by atoms with Crippen molar-refractivity contribution in [1.29, 1.82) is 0 Å². The molecule has 0 saturated carbocycles. The number of hydrogen-bond donors (Lipinski definition) is 1. The van der Waals surface area contributed by atoms with Crippen LogP contribution in [-0.2, 0) is 10.0 Å². The summed E-state index contributed by atoms with van der Waals surface area (Å²) in [6.45, 7) is 0. The van der Waals surface area contributed by atoms with Crippen LogP contribution in [0, 0.1) is 0 Å². The first kappa shape index (κ1) is 29.2. The van der Waals surface area contributed by atoms with Gasteiger partial charge in [-0.25, -0.2) is 0 Å². The SMILES string of the molecule is O=P([O-])([O-])O.[K+].[K+].[Mg+2].[O-2]. The maximum absolute atomic E-state index is 8.66. The van der Waals surface area contributed by atoms with Gasteiger partial charge in [-0.1, -0.05) is 0 Å². The standard InChI is InChI=1S/2K.Mg.H3O4P.O/c;;;1-5(2,3)4;/h;;;(H3,1,2,3,4);/q2*+1;+2;;-2/p-2. The second-order valence-corrected chi connectivity index (χ2v) is 1.41. The Kier molecular flexibility index (Phi) is 47.5. The first-order valence-electron chi connectivity index (χ1n) is 0.748. The van der Waals surface area contributed by atoms with E-state index in [1.807, 2.05) is 0 Å². The van der Waals surface area contributed by atoms with Crippen molar-refractivity contribution in [3.8, 4) is 0 Å². The van der Waals surface area contributed by atoms with Crippen LogP contribution in [0.1, 0.15) is 0 Å². The van der Waals surface area contributed by atoms with Crippen LogP contribution in [0.3, 0.4) is 0 Å². The van der Waals surface area contributed by atoms with Crippen LogP contribution in [0.25, 0.3) is 0 Å². The molecular formula is HK2MgO5P. The molecule has 0 heterocycles. The van der Waals surface area contributed by atoms with E-state index in [9.17, 15) is 0 Å². The molecule has 0 aromatic rings. The zero-order valence-electron chi connectivity index (χ0n) is 5.23. The fourth-order valence-electron chi connectivity index (χ4n) is 0. The third-order valence-corrected chi connectivity index (χ3v) is 0. The van der Waals surface area contributed by atoms with E-state index in [4.69, 9.17) is 19.2 Å². The van der Waals surface area contributed by atoms with Crippen LogP contribution in [0.2, 0.25) is 0 Å². The summed E-state index contributed by atoms with van der Waals surface area (Å²) in [5.74, 6) is 0. The molecule has 40 valence electrons. The summed E-state index contributed by atoms with van der Waals surface area (Å²) in [5, 5.41) is 0. The molecule has 9 heteroatoms. The smallest absolute Gasteiger partial charge is 2.00 e. The Balaban J connectivity index is -0.0000000133. The van der Waals surface area contributed by atoms with E-state index >= 15 is 0 Å². The predicted octanol–water partition coefficient (Wildman–Crippen LogP) is -8.68. The van der Waals surface area contributed by atoms with Gasteiger partial charge in [-0.2, -0.15) is 0 Å². The third-order valence-electron chi connectivity index (χ3n) is 0. The van der Waals surface area contributed by atoms with E-state index in [1.54, 1.807) is 0 Å². The zero-order chi connectivity index (χ0) is 4.50. The molecule has 0 saturated heterocycles. The predicted molar refractivity (Wildman–Crippen MR) is 16.3 cm³/mol. The second-order valence-electron chi connectivity index (χ2n) is 0.469. The molecule has 0 aliphatic rings. The molecule has 1 N–H and O–H groups in total. The summed E-state index contributed by atoms with van der Waals surface area (Å²) < 4.78 is 8.66. The van der Waals surface area contributed by atoms with Crippen molar-refractivity contribution in [2.45, 2.75) is 0 Å². The summed E-state index contributed by atoms with van der Waals surface area (Å²) in [6.07, 6.45) is 0. The van der Waals surface area contributed by atoms with Crippen molar-refractivity contribution in [2.24, 2.45) is 0 Å². The van der Waals surface area contributed by atoms with E-state index in [1.165, 1.54) is 0 Å². The normalized spacial score (nSPS) is 6.56. The fourth-order valence-corrected chi connectivity index (χ4v) is 0. The third kappa shape index (κ3) is 73.3. The molecule has 0 aromatic carbocycles. The van der Waals surface area contributed by atoms with Gasteiger partial charge in [0, 0.05) is 0 Å². The number of rotatable bonds is 0. The molecule has 0 atom stereocenters. The average molecular weight is 214 g/mol. The van der Waals surface area contributed by atoms with E-state index in [2.05, 4.69) is 0 Å². The summed E-state index contributed by atoms with van der Waals surface area (Å²) in [6, 6.07) is 0. The monoisotopic (exact) mass is 214 g/mol. The quantitative estimate of drug-likeness (QED) is 0.319. The minimum Gasteiger partial charge on any atom is -2.00 e. The molecule has 0 amide bonds. The van der Waals surface area contributed by atoms with Crippen LogP contribution >= 0.6 is 7.82 Å². The van der Waals surface area contributed by atoms with E-state index < -0.39 is 7.82 Å². The van der Waals surface area contributed by atoms with Gasteiger partial charge in [0.25, 0.3) is 0 Å². The van der Waals surface area contributed by atoms with Gasteiger partial charge in [0.2, 0.25) is 0 Å². The van der Waals surface area contributed by atoms with Gasteiger partial charge in [-0.3, -0.25) is 0 Å². The molecule has 0 radical (unpaired) electrons. The van der Waals surface area contributed by atoms with Gasteiger partial charge in [-0.05, 0) is 0 Å². The van der Waals surface area contributed by atoms with Crippen molar-refractivity contribution in [3.05, 3.63) is 0 Å². The molecule has 0 rings (SSSR count). The minimum absolute atomic E-state index is 0. The number of hydrogen-bond acceptors (Lipinski definition) is 3. The summed E-state index contributed by atoms with van der Waals surface area (Å²) >= 11 is 0. The van der Waals surface area contributed by atoms with Crippen molar-refractivity contribution in [1.82, 2.24) is 0 Å². The Hall–Kier alpha value is 4.11. The second kappa shape index (κ2) is 14.6. The molecule has 0 aromatic heterocycles. The molecule has 0 aliphatic carbocycles. The first-order chi connectivity index (χ1) is 2.00. The molecule has 9 heavy (non-hydrogen) atoms. The summed E-state index contributed by atoms with van der Waals surface area (Å²) in [4.78, 5) is 24.3. The summed E-state index contributed by atoms with van der Waals surface area (Å²) in [7, 11) is -5.14. The molecule has 0 spiro atoms. The van der Waals surface area contributed by atoms with Crippen LogP contribution in [0.5, 0.6) is 0 Å². The van der Waals surface area contributed by atoms with Gasteiger partial charge < -0.3 is 24.7 Å². The molecule has 0 aliphatic heterocycles. The first-order valence-corrected chi connectivity index (χ1v) is 2.24. The Morgan fingerprint density at radius 1 is 1.22 bits per heavy atom. The van der Waals surface area contributed by atoms with Gasteiger partial charge in [0.15, 0.2) is 0 Å². The van der Waals surface area contributed by atoms with Crippen LogP contribution in [0.15, 0.2) is 0 Å². The van der Waals surface area contributed by atoms with E-state index in [-0.39, 0.29) is 131 Å². The van der Waals surface area contributed by atoms with E-state index in [0.29, 0.717) is 0 Å². The molecule has 0 fully saturated rings. The Morgan fingerprint density at radius 2 is 1.22 bits per heavy atom. The molecule has 0 unspecified atom stereocenters. The average Bonchev–Trinajstić information content (AvgIpc) is 0.722. The van der Waals surface area contributed by atoms with Crippen LogP contribution in [0.4, 0.5) is 0 Å². The Labute approximate surface area is 154 Å². The Morgan fingerprint density at radius 3 is 1.22 bits per heavy atom. The maximum atomic E-state index is 8.66. The van der Waals surface area contributed by atoms with Gasteiger partial charge in [0.05, 0.1) is 7.82 Å². The maximum Gasteiger partial charge on any atom is 2.00 e. The van der Waals surface area contributed by atoms with Crippen molar-refractivity contribution in [2.75, 3.05) is 0 Å². The van der Waals surface area contributed by atoms with Crippen molar-refractivity contribution >= 4 is 30.9 Å². The number of phosphoric acid groups is 1. The van der Waals surface area contributed by atoms with Gasteiger partial charge >= 0.3 is 126 Å². The van der Waals surface area contributed by atoms with Gasteiger partial charge in [0.1, 0.15) is 0 Å². The zero-order valence-corrected chi connectivity index (χ0v) is 13.8. The topological polar surface area (TPSA) is 112 Å². The molecule has 5 nitrogen and oxygen atoms in total. The van der Waals surface area contributed by atoms with Crippen molar-refractivity contribution in [3.63, 3.8) is 0 Å².